The molecule has 1 aliphatic heterocycles. The third-order valence-electron chi connectivity index (χ3n) is 4.40. The van der Waals surface area contributed by atoms with E-state index in [1.165, 1.54) is 14.9 Å². The molecule has 3 rings (SSSR count). The van der Waals surface area contributed by atoms with Crippen molar-refractivity contribution in [2.75, 3.05) is 40.4 Å². The molecule has 0 spiro atoms. The van der Waals surface area contributed by atoms with Crippen molar-refractivity contribution in [3.05, 3.63) is 44.6 Å². The summed E-state index contributed by atoms with van der Waals surface area (Å²) in [5.74, 6) is 1.81. The van der Waals surface area contributed by atoms with Gasteiger partial charge in [-0.3, -0.25) is 9.80 Å². The van der Waals surface area contributed by atoms with E-state index in [0.29, 0.717) is 0 Å². The van der Waals surface area contributed by atoms with Crippen LogP contribution in [0.4, 0.5) is 0 Å². The van der Waals surface area contributed by atoms with E-state index in [9.17, 15) is 0 Å². The summed E-state index contributed by atoms with van der Waals surface area (Å²) >= 11 is 5.45. The molecule has 1 aromatic heterocycles. The zero-order chi connectivity index (χ0) is 16.9. The second-order valence-electron chi connectivity index (χ2n) is 5.92. The number of nitrogens with zero attached hydrogens (tertiary/aromatic N) is 2. The van der Waals surface area contributed by atoms with Crippen LogP contribution in [-0.4, -0.2) is 50.2 Å². The third-order valence-corrected chi connectivity index (χ3v) is 6.32. The van der Waals surface area contributed by atoms with Crippen LogP contribution in [0.5, 0.6) is 11.5 Å². The summed E-state index contributed by atoms with van der Waals surface area (Å²) in [5.41, 5.74) is 1.19. The normalized spacial score (nSPS) is 16.3. The highest BCUT2D eigenvalue weighted by molar-refractivity contribution is 9.10. The topological polar surface area (TPSA) is 24.9 Å². The quantitative estimate of drug-likeness (QED) is 0.721. The van der Waals surface area contributed by atoms with Crippen LogP contribution in [0, 0.1) is 0 Å². The number of thiophene rings is 1. The molecule has 0 atom stereocenters. The van der Waals surface area contributed by atoms with Crippen LogP contribution in [0.25, 0.3) is 0 Å². The highest BCUT2D eigenvalue weighted by atomic mass is 79.9. The lowest BCUT2D eigenvalue weighted by atomic mass is 10.1. The molecule has 1 aromatic carbocycles. The summed E-state index contributed by atoms with van der Waals surface area (Å²) in [7, 11) is 3.43. The van der Waals surface area contributed by atoms with Crippen molar-refractivity contribution >= 4 is 27.3 Å². The molecule has 0 radical (unpaired) electrons. The molecule has 6 heteroatoms. The molecule has 4 nitrogen and oxygen atoms in total. The van der Waals surface area contributed by atoms with Crippen molar-refractivity contribution in [3.63, 3.8) is 0 Å². The van der Waals surface area contributed by atoms with Gasteiger partial charge in [0.05, 0.1) is 14.2 Å². The van der Waals surface area contributed by atoms with Crippen LogP contribution >= 0.6 is 27.3 Å². The maximum Gasteiger partial charge on any atom is 0.123 e. The minimum atomic E-state index is 0.881. The number of benzene rings is 1. The smallest absolute Gasteiger partial charge is 0.123 e. The van der Waals surface area contributed by atoms with Gasteiger partial charge in [0.25, 0.3) is 0 Å². The van der Waals surface area contributed by atoms with Crippen LogP contribution in [0.1, 0.15) is 10.4 Å². The first-order chi connectivity index (χ1) is 11.7. The number of hydrogen-bond donors (Lipinski definition) is 0. The molecule has 0 aliphatic carbocycles. The van der Waals surface area contributed by atoms with Gasteiger partial charge < -0.3 is 9.47 Å². The summed E-state index contributed by atoms with van der Waals surface area (Å²) in [6, 6.07) is 8.14. The first-order valence-electron chi connectivity index (χ1n) is 8.07. The van der Waals surface area contributed by atoms with Crippen LogP contribution in [0.3, 0.4) is 0 Å². The summed E-state index contributed by atoms with van der Waals surface area (Å²) < 4.78 is 12.1. The molecule has 1 saturated heterocycles. The fourth-order valence-electron chi connectivity index (χ4n) is 2.99. The molecule has 2 aromatic rings. The zero-order valence-electron chi connectivity index (χ0n) is 14.1. The lowest BCUT2D eigenvalue weighted by molar-refractivity contribution is 0.122. The van der Waals surface area contributed by atoms with Gasteiger partial charge in [0, 0.05) is 54.2 Å². The van der Waals surface area contributed by atoms with Gasteiger partial charge in [-0.1, -0.05) is 0 Å². The van der Waals surface area contributed by atoms with Crippen LogP contribution in [0.2, 0.25) is 0 Å². The fourth-order valence-corrected chi connectivity index (χ4v) is 4.51. The molecule has 24 heavy (non-hydrogen) atoms. The lowest BCUT2D eigenvalue weighted by Crippen LogP contribution is -2.45. The van der Waals surface area contributed by atoms with Gasteiger partial charge in [0.2, 0.25) is 0 Å². The molecule has 130 valence electrons. The number of methoxy groups -OCH3 is 2. The van der Waals surface area contributed by atoms with Crippen molar-refractivity contribution < 1.29 is 9.47 Å². The molecular weight excluding hydrogens is 388 g/mol. The van der Waals surface area contributed by atoms with Gasteiger partial charge in [-0.2, -0.15) is 0 Å². The minimum absolute atomic E-state index is 0.881. The van der Waals surface area contributed by atoms with Gasteiger partial charge in [-0.05, 0) is 45.6 Å². The summed E-state index contributed by atoms with van der Waals surface area (Å²) in [4.78, 5) is 6.42. The Morgan fingerprint density at radius 1 is 1.00 bits per heavy atom. The van der Waals surface area contributed by atoms with E-state index in [-0.39, 0.29) is 0 Å². The van der Waals surface area contributed by atoms with Gasteiger partial charge in [-0.15, -0.1) is 11.3 Å². The van der Waals surface area contributed by atoms with Crippen LogP contribution in [0.15, 0.2) is 34.1 Å². The summed E-state index contributed by atoms with van der Waals surface area (Å²) in [6.07, 6.45) is 0. The largest absolute Gasteiger partial charge is 0.497 e. The molecule has 0 bridgehead atoms. The monoisotopic (exact) mass is 410 g/mol. The van der Waals surface area contributed by atoms with E-state index in [4.69, 9.17) is 9.47 Å². The van der Waals surface area contributed by atoms with Crippen LogP contribution in [-0.2, 0) is 13.1 Å². The van der Waals surface area contributed by atoms with E-state index >= 15 is 0 Å². The van der Waals surface area contributed by atoms with Crippen molar-refractivity contribution in [2.45, 2.75) is 13.1 Å². The first-order valence-corrected chi connectivity index (χ1v) is 9.74. The number of ether oxygens (including phenoxy) is 2. The van der Waals surface area contributed by atoms with Gasteiger partial charge in [0.1, 0.15) is 11.5 Å². The van der Waals surface area contributed by atoms with E-state index in [2.05, 4.69) is 43.2 Å². The number of piperazine rings is 1. The maximum absolute atomic E-state index is 5.49. The Morgan fingerprint density at radius 3 is 2.29 bits per heavy atom. The molecule has 0 saturated carbocycles. The Morgan fingerprint density at radius 2 is 1.71 bits per heavy atom. The molecule has 1 fully saturated rings. The molecule has 0 amide bonds. The van der Waals surface area contributed by atoms with Gasteiger partial charge >= 0.3 is 0 Å². The van der Waals surface area contributed by atoms with Crippen molar-refractivity contribution in [1.29, 1.82) is 0 Å². The third kappa shape index (κ3) is 4.30. The van der Waals surface area contributed by atoms with Gasteiger partial charge in [-0.25, -0.2) is 0 Å². The number of hydrogen-bond acceptors (Lipinski definition) is 5. The number of halogens is 1. The van der Waals surface area contributed by atoms with Gasteiger partial charge in [0.15, 0.2) is 0 Å². The fraction of sp³-hybridized carbons (Fsp3) is 0.444. The molecular formula is C18H23BrN2O2S. The maximum atomic E-state index is 5.49. The molecule has 1 aliphatic rings. The minimum Gasteiger partial charge on any atom is -0.497 e. The van der Waals surface area contributed by atoms with Crippen LogP contribution < -0.4 is 9.47 Å². The lowest BCUT2D eigenvalue weighted by Gasteiger charge is -2.34. The van der Waals surface area contributed by atoms with E-state index in [0.717, 1.165) is 50.8 Å². The Hall–Kier alpha value is -1.08. The summed E-state index contributed by atoms with van der Waals surface area (Å²) in [6.45, 7) is 6.27. The standard InChI is InChI=1S/C18H23BrN2O2S/c1-22-15-3-4-17(23-2)14(11-15)12-20-6-8-21(9-7-20)13-18-16(19)5-10-24-18/h3-5,10-11H,6-9,12-13H2,1-2H3. The van der Waals surface area contributed by atoms with E-state index < -0.39 is 0 Å². The van der Waals surface area contributed by atoms with Crippen molar-refractivity contribution in [1.82, 2.24) is 9.80 Å². The Labute approximate surface area is 156 Å². The van der Waals surface area contributed by atoms with Crippen molar-refractivity contribution in [3.8, 4) is 11.5 Å². The van der Waals surface area contributed by atoms with Crippen molar-refractivity contribution in [2.24, 2.45) is 0 Å². The second-order valence-corrected chi connectivity index (χ2v) is 7.78. The Kier molecular flexibility index (Phi) is 6.16. The van der Waals surface area contributed by atoms with E-state index in [1.54, 1.807) is 14.2 Å². The zero-order valence-corrected chi connectivity index (χ0v) is 16.5. The Bertz CT molecular complexity index is 669. The molecule has 0 N–H and O–H groups in total. The second kappa shape index (κ2) is 8.34. The predicted octanol–water partition coefficient (Wildman–Crippen LogP) is 3.85. The number of rotatable bonds is 6. The Balaban J connectivity index is 1.56. The highest BCUT2D eigenvalue weighted by Gasteiger charge is 2.19. The SMILES string of the molecule is COc1ccc(OC)c(CN2CCN(Cc3sccc3Br)CC2)c1. The predicted molar refractivity (Wildman–Crippen MR) is 102 cm³/mol. The average molecular weight is 411 g/mol. The highest BCUT2D eigenvalue weighted by Crippen LogP contribution is 2.27. The first kappa shape index (κ1) is 17.7. The molecule has 2 heterocycles. The average Bonchev–Trinajstić information content (AvgIpc) is 3.01. The van der Waals surface area contributed by atoms with E-state index in [1.807, 2.05) is 23.5 Å². The molecule has 0 unspecified atom stereocenters. The summed E-state index contributed by atoms with van der Waals surface area (Å²) in [5, 5.41) is 2.14.